The lowest BCUT2D eigenvalue weighted by atomic mass is 10.1. The smallest absolute Gasteiger partial charge is 0.210 e. The highest BCUT2D eigenvalue weighted by atomic mass is 32.2. The normalized spacial score (nSPS) is 20.7. The minimum Gasteiger partial charge on any atom is -0.319 e. The quantitative estimate of drug-likeness (QED) is 0.807. The first kappa shape index (κ1) is 9.83. The number of hydrogen-bond donors (Lipinski definition) is 1. The second-order valence-electron chi connectivity index (χ2n) is 4.17. The maximum absolute atomic E-state index is 4.20. The van der Waals surface area contributed by atoms with Crippen LogP contribution in [0.2, 0.25) is 0 Å². The van der Waals surface area contributed by atoms with Gasteiger partial charge in [-0.1, -0.05) is 25.6 Å². The molecule has 0 radical (unpaired) electrons. The van der Waals surface area contributed by atoms with E-state index in [1.807, 2.05) is 4.68 Å². The van der Waals surface area contributed by atoms with Gasteiger partial charge in [0.15, 0.2) is 5.82 Å². The second kappa shape index (κ2) is 3.81. The van der Waals surface area contributed by atoms with E-state index in [-0.39, 0.29) is 0 Å². The molecular formula is C9H16N4S. The van der Waals surface area contributed by atoms with Gasteiger partial charge in [0.25, 0.3) is 0 Å². The van der Waals surface area contributed by atoms with Crippen LogP contribution in [0, 0.1) is 5.92 Å². The van der Waals surface area contributed by atoms with Crippen molar-refractivity contribution in [2.24, 2.45) is 5.92 Å². The lowest BCUT2D eigenvalue weighted by Crippen LogP contribution is -2.33. The van der Waals surface area contributed by atoms with Gasteiger partial charge in [0.2, 0.25) is 5.16 Å². The molecule has 2 rings (SSSR count). The predicted octanol–water partition coefficient (Wildman–Crippen LogP) is 1.51. The number of rotatable bonds is 2. The summed E-state index contributed by atoms with van der Waals surface area (Å²) >= 11 is 1.77. The summed E-state index contributed by atoms with van der Waals surface area (Å²) in [6, 6.07) is 0.495. The molecule has 1 unspecified atom stereocenters. The van der Waals surface area contributed by atoms with Gasteiger partial charge in [-0.3, -0.25) is 0 Å². The Morgan fingerprint density at radius 3 is 3.07 bits per heavy atom. The average Bonchev–Trinajstić information content (AvgIpc) is 2.47. The first-order chi connectivity index (χ1) is 6.66. The maximum Gasteiger partial charge on any atom is 0.210 e. The van der Waals surface area contributed by atoms with Crippen molar-refractivity contribution < 1.29 is 0 Å². The number of aromatic nitrogens is 3. The largest absolute Gasteiger partial charge is 0.319 e. The topological polar surface area (TPSA) is 42.7 Å². The Hall–Kier alpha value is -0.710. The molecule has 0 saturated heterocycles. The monoisotopic (exact) mass is 212 g/mol. The van der Waals surface area contributed by atoms with Crippen molar-refractivity contribution >= 4 is 11.8 Å². The zero-order valence-electron chi connectivity index (χ0n) is 8.82. The van der Waals surface area contributed by atoms with Gasteiger partial charge in [0, 0.05) is 18.2 Å². The fraction of sp³-hybridized carbons (Fsp3) is 0.778. The molecule has 0 amide bonds. The van der Waals surface area contributed by atoms with Crippen molar-refractivity contribution in [1.29, 1.82) is 0 Å². The average molecular weight is 212 g/mol. The van der Waals surface area contributed by atoms with Gasteiger partial charge in [0.05, 0.1) is 0 Å². The molecule has 1 atom stereocenters. The van der Waals surface area contributed by atoms with Crippen LogP contribution in [0.5, 0.6) is 0 Å². The molecule has 1 aromatic rings. The van der Waals surface area contributed by atoms with Gasteiger partial charge in [-0.05, 0) is 12.8 Å². The highest BCUT2D eigenvalue weighted by molar-refractivity contribution is 7.99. The van der Waals surface area contributed by atoms with Crippen molar-refractivity contribution in [2.75, 3.05) is 11.2 Å². The number of fused-ring (bicyclic) bond motifs is 1. The van der Waals surface area contributed by atoms with Crippen molar-refractivity contribution in [3.05, 3.63) is 5.82 Å². The molecule has 1 N–H and O–H groups in total. The lowest BCUT2D eigenvalue weighted by molar-refractivity contribution is 0.574. The molecule has 78 valence electrons. The third-order valence-corrected chi connectivity index (χ3v) is 3.29. The van der Waals surface area contributed by atoms with Gasteiger partial charge in [0.1, 0.15) is 0 Å². The predicted molar refractivity (Wildman–Crippen MR) is 58.1 cm³/mol. The molecule has 4 nitrogen and oxygen atoms in total. The highest BCUT2D eigenvalue weighted by Crippen LogP contribution is 2.22. The number of nitrogens with one attached hydrogen (secondary N) is 1. The van der Waals surface area contributed by atoms with E-state index >= 15 is 0 Å². The minimum absolute atomic E-state index is 0.495. The standard InChI is InChI=1S/C9H16N4S/c1-6(2)4-8-10-11-9-13(8)12-7(3)5-14-9/h6-7,12H,4-5H2,1-3H3. The van der Waals surface area contributed by atoms with E-state index in [1.54, 1.807) is 11.8 Å². The first-order valence-corrected chi connectivity index (χ1v) is 5.99. The van der Waals surface area contributed by atoms with Crippen LogP contribution in [0.3, 0.4) is 0 Å². The first-order valence-electron chi connectivity index (χ1n) is 5.00. The fourth-order valence-corrected chi connectivity index (χ4v) is 2.34. The summed E-state index contributed by atoms with van der Waals surface area (Å²) in [5.74, 6) is 2.74. The summed E-state index contributed by atoms with van der Waals surface area (Å²) < 4.78 is 2.04. The SMILES string of the molecule is CC(C)Cc1nnc2n1NC(C)CS2. The van der Waals surface area contributed by atoms with Crippen molar-refractivity contribution in [2.45, 2.75) is 38.4 Å². The summed E-state index contributed by atoms with van der Waals surface area (Å²) in [4.78, 5) is 0. The van der Waals surface area contributed by atoms with Gasteiger partial charge in [-0.15, -0.1) is 10.2 Å². The van der Waals surface area contributed by atoms with E-state index in [1.165, 1.54) is 0 Å². The summed E-state index contributed by atoms with van der Waals surface area (Å²) in [6.45, 7) is 6.57. The van der Waals surface area contributed by atoms with Gasteiger partial charge in [-0.25, -0.2) is 4.68 Å². The van der Waals surface area contributed by atoms with Crippen LogP contribution in [0.15, 0.2) is 5.16 Å². The summed E-state index contributed by atoms with van der Waals surface area (Å²) in [5, 5.41) is 9.36. The number of thioether (sulfide) groups is 1. The molecule has 1 aromatic heterocycles. The Bertz CT molecular complexity index is 321. The van der Waals surface area contributed by atoms with Crippen LogP contribution in [0.25, 0.3) is 0 Å². The van der Waals surface area contributed by atoms with Gasteiger partial charge in [-0.2, -0.15) is 0 Å². The molecular weight excluding hydrogens is 196 g/mol. The molecule has 14 heavy (non-hydrogen) atoms. The van der Waals surface area contributed by atoms with Crippen molar-refractivity contribution in [1.82, 2.24) is 14.9 Å². The molecule has 0 spiro atoms. The molecule has 0 aliphatic carbocycles. The molecule has 0 aromatic carbocycles. The number of hydrogen-bond acceptors (Lipinski definition) is 4. The van der Waals surface area contributed by atoms with Crippen LogP contribution < -0.4 is 5.43 Å². The minimum atomic E-state index is 0.495. The molecule has 1 aliphatic rings. The summed E-state index contributed by atoms with van der Waals surface area (Å²) in [7, 11) is 0. The number of nitrogens with zero attached hydrogens (tertiary/aromatic N) is 3. The van der Waals surface area contributed by atoms with Crippen LogP contribution in [-0.2, 0) is 6.42 Å². The second-order valence-corrected chi connectivity index (χ2v) is 5.16. The zero-order valence-corrected chi connectivity index (χ0v) is 9.64. The van der Waals surface area contributed by atoms with Crippen molar-refractivity contribution in [3.63, 3.8) is 0 Å². The Kier molecular flexibility index (Phi) is 2.67. The Morgan fingerprint density at radius 2 is 2.36 bits per heavy atom. The third kappa shape index (κ3) is 1.87. The fourth-order valence-electron chi connectivity index (χ4n) is 1.48. The molecule has 5 heteroatoms. The molecule has 1 aliphatic heterocycles. The highest BCUT2D eigenvalue weighted by Gasteiger charge is 2.20. The van der Waals surface area contributed by atoms with E-state index in [0.29, 0.717) is 12.0 Å². The van der Waals surface area contributed by atoms with Crippen LogP contribution in [-0.4, -0.2) is 26.7 Å². The van der Waals surface area contributed by atoms with Crippen LogP contribution >= 0.6 is 11.8 Å². The lowest BCUT2D eigenvalue weighted by Gasteiger charge is -2.23. The molecule has 0 saturated carbocycles. The van der Waals surface area contributed by atoms with E-state index < -0.39 is 0 Å². The van der Waals surface area contributed by atoms with Gasteiger partial charge >= 0.3 is 0 Å². The third-order valence-electron chi connectivity index (χ3n) is 2.10. The Morgan fingerprint density at radius 1 is 1.57 bits per heavy atom. The van der Waals surface area contributed by atoms with Crippen LogP contribution in [0.4, 0.5) is 0 Å². The molecule has 0 fully saturated rings. The van der Waals surface area contributed by atoms with Crippen LogP contribution in [0.1, 0.15) is 26.6 Å². The molecule has 0 bridgehead atoms. The van der Waals surface area contributed by atoms with E-state index in [2.05, 4.69) is 36.4 Å². The Labute approximate surface area is 88.5 Å². The zero-order chi connectivity index (χ0) is 10.1. The van der Waals surface area contributed by atoms with Gasteiger partial charge < -0.3 is 5.43 Å². The van der Waals surface area contributed by atoms with E-state index in [4.69, 9.17) is 0 Å². The van der Waals surface area contributed by atoms with E-state index in [0.717, 1.165) is 23.2 Å². The maximum atomic E-state index is 4.20. The summed E-state index contributed by atoms with van der Waals surface area (Å²) in [6.07, 6.45) is 0.979. The van der Waals surface area contributed by atoms with Crippen molar-refractivity contribution in [3.8, 4) is 0 Å². The Balaban J connectivity index is 2.22. The van der Waals surface area contributed by atoms with E-state index in [9.17, 15) is 0 Å². The molecule has 2 heterocycles. The summed E-state index contributed by atoms with van der Waals surface area (Å²) in [5.41, 5.74) is 3.38.